The molecule has 158 valence electrons. The highest BCUT2D eigenvalue weighted by atomic mass is 127. The number of anilines is 1. The van der Waals surface area contributed by atoms with Crippen LogP contribution in [0.2, 0.25) is 0 Å². The third-order valence-corrected chi connectivity index (χ3v) is 4.95. The van der Waals surface area contributed by atoms with Crippen molar-refractivity contribution in [3.05, 3.63) is 60.0 Å². The molecule has 0 spiro atoms. The molecule has 0 aliphatic carbocycles. The van der Waals surface area contributed by atoms with E-state index in [4.69, 9.17) is 4.99 Å². The minimum Gasteiger partial charge on any atom is -0.357 e. The summed E-state index contributed by atoms with van der Waals surface area (Å²) >= 11 is 0. The van der Waals surface area contributed by atoms with Gasteiger partial charge in [-0.3, -0.25) is 14.2 Å². The maximum absolute atomic E-state index is 12.0. The van der Waals surface area contributed by atoms with Crippen molar-refractivity contribution in [2.45, 2.75) is 25.7 Å². The molecule has 0 fully saturated rings. The molecule has 3 N–H and O–H groups in total. The SMILES string of the molecule is CCNC(=NCC1CC(=O)Nc2ccccc21)NCCc1nnc2ccccn12.I. The van der Waals surface area contributed by atoms with Gasteiger partial charge in [0.1, 0.15) is 5.82 Å². The third kappa shape index (κ3) is 5.07. The Balaban J connectivity index is 0.00000256. The third-order valence-electron chi connectivity index (χ3n) is 4.95. The molecule has 1 unspecified atom stereocenters. The first-order valence-electron chi connectivity index (χ1n) is 9.94. The monoisotopic (exact) mass is 519 g/mol. The van der Waals surface area contributed by atoms with E-state index in [1.165, 1.54) is 0 Å². The Morgan fingerprint density at radius 3 is 2.90 bits per heavy atom. The van der Waals surface area contributed by atoms with Crippen LogP contribution in [0.3, 0.4) is 0 Å². The van der Waals surface area contributed by atoms with Crippen LogP contribution in [0.1, 0.15) is 30.7 Å². The van der Waals surface area contributed by atoms with E-state index in [2.05, 4.69) is 32.2 Å². The Bertz CT molecular complexity index is 1030. The van der Waals surface area contributed by atoms with Gasteiger partial charge in [0.2, 0.25) is 5.91 Å². The average molecular weight is 519 g/mol. The molecule has 1 aliphatic rings. The lowest BCUT2D eigenvalue weighted by Crippen LogP contribution is -2.39. The minimum atomic E-state index is 0. The lowest BCUT2D eigenvalue weighted by molar-refractivity contribution is -0.116. The van der Waals surface area contributed by atoms with Crippen molar-refractivity contribution in [3.63, 3.8) is 0 Å². The second-order valence-electron chi connectivity index (χ2n) is 6.98. The summed E-state index contributed by atoms with van der Waals surface area (Å²) in [7, 11) is 0. The lowest BCUT2D eigenvalue weighted by Gasteiger charge is -2.24. The summed E-state index contributed by atoms with van der Waals surface area (Å²) in [6.07, 6.45) is 3.14. The molecule has 9 heteroatoms. The number of hydrogen-bond donors (Lipinski definition) is 3. The number of fused-ring (bicyclic) bond motifs is 2. The molecule has 3 aromatic rings. The van der Waals surface area contributed by atoms with Gasteiger partial charge < -0.3 is 16.0 Å². The van der Waals surface area contributed by atoms with Crippen LogP contribution < -0.4 is 16.0 Å². The number of guanidine groups is 1. The number of hydrogen-bond acceptors (Lipinski definition) is 4. The van der Waals surface area contributed by atoms with E-state index in [0.29, 0.717) is 19.5 Å². The predicted molar refractivity (Wildman–Crippen MR) is 129 cm³/mol. The number of para-hydroxylation sites is 1. The van der Waals surface area contributed by atoms with Crippen molar-refractivity contribution < 1.29 is 4.79 Å². The van der Waals surface area contributed by atoms with Gasteiger partial charge in [-0.05, 0) is 30.7 Å². The largest absolute Gasteiger partial charge is 0.357 e. The van der Waals surface area contributed by atoms with Crippen molar-refractivity contribution in [1.29, 1.82) is 0 Å². The Hall–Kier alpha value is -2.69. The fourth-order valence-electron chi connectivity index (χ4n) is 3.56. The Labute approximate surface area is 192 Å². The average Bonchev–Trinajstić information content (AvgIpc) is 3.15. The van der Waals surface area contributed by atoms with Crippen LogP contribution >= 0.6 is 24.0 Å². The molecule has 3 heterocycles. The number of aromatic nitrogens is 3. The molecule has 0 saturated carbocycles. The number of carbonyl (C=O) groups is 1. The molecule has 1 atom stereocenters. The smallest absolute Gasteiger partial charge is 0.225 e. The topological polar surface area (TPSA) is 95.7 Å². The quantitative estimate of drug-likeness (QED) is 0.265. The Morgan fingerprint density at radius 1 is 1.20 bits per heavy atom. The molecule has 1 aliphatic heterocycles. The minimum absolute atomic E-state index is 0. The molecule has 1 aromatic carbocycles. The van der Waals surface area contributed by atoms with E-state index in [9.17, 15) is 4.79 Å². The normalized spacial score (nSPS) is 15.8. The zero-order chi connectivity index (χ0) is 20.1. The summed E-state index contributed by atoms with van der Waals surface area (Å²) in [5, 5.41) is 18.0. The highest BCUT2D eigenvalue weighted by Crippen LogP contribution is 2.31. The van der Waals surface area contributed by atoms with Crippen molar-refractivity contribution in [1.82, 2.24) is 25.2 Å². The van der Waals surface area contributed by atoms with Gasteiger partial charge in [0.25, 0.3) is 0 Å². The first-order chi connectivity index (χ1) is 14.2. The van der Waals surface area contributed by atoms with E-state index in [1.54, 1.807) is 0 Å². The van der Waals surface area contributed by atoms with Crippen LogP contribution in [0.5, 0.6) is 0 Å². The van der Waals surface area contributed by atoms with Gasteiger partial charge in [0, 0.05) is 43.7 Å². The molecule has 0 saturated heterocycles. The summed E-state index contributed by atoms with van der Waals surface area (Å²) in [5.41, 5.74) is 2.87. The molecule has 8 nitrogen and oxygen atoms in total. The maximum atomic E-state index is 12.0. The number of carbonyl (C=O) groups excluding carboxylic acids is 1. The summed E-state index contributed by atoms with van der Waals surface area (Å²) in [5.74, 6) is 1.77. The van der Waals surface area contributed by atoms with Crippen LogP contribution in [-0.2, 0) is 11.2 Å². The maximum Gasteiger partial charge on any atom is 0.225 e. The number of nitrogens with zero attached hydrogens (tertiary/aromatic N) is 4. The van der Waals surface area contributed by atoms with Crippen molar-refractivity contribution in [2.75, 3.05) is 25.0 Å². The summed E-state index contributed by atoms with van der Waals surface area (Å²) < 4.78 is 1.99. The number of amides is 1. The van der Waals surface area contributed by atoms with Gasteiger partial charge in [0.15, 0.2) is 11.6 Å². The van der Waals surface area contributed by atoms with E-state index in [0.717, 1.165) is 41.6 Å². The number of nitrogens with one attached hydrogen (secondary N) is 3. The summed E-state index contributed by atoms with van der Waals surface area (Å²) in [6, 6.07) is 13.8. The lowest BCUT2D eigenvalue weighted by atomic mass is 9.91. The van der Waals surface area contributed by atoms with E-state index in [-0.39, 0.29) is 35.8 Å². The number of halogens is 1. The van der Waals surface area contributed by atoms with Crippen LogP contribution in [0.25, 0.3) is 5.65 Å². The first kappa shape index (κ1) is 22.0. The number of rotatable bonds is 6. The molecule has 0 bridgehead atoms. The molecule has 30 heavy (non-hydrogen) atoms. The van der Waals surface area contributed by atoms with Crippen molar-refractivity contribution in [3.8, 4) is 0 Å². The highest BCUT2D eigenvalue weighted by Gasteiger charge is 2.24. The fraction of sp³-hybridized carbons (Fsp3) is 0.333. The molecule has 2 aromatic heterocycles. The fourth-order valence-corrected chi connectivity index (χ4v) is 3.56. The second-order valence-corrected chi connectivity index (χ2v) is 6.98. The zero-order valence-electron chi connectivity index (χ0n) is 16.8. The van der Waals surface area contributed by atoms with E-state index < -0.39 is 0 Å². The first-order valence-corrected chi connectivity index (χ1v) is 9.94. The molecule has 0 radical (unpaired) electrons. The van der Waals surface area contributed by atoms with Crippen LogP contribution in [0.4, 0.5) is 5.69 Å². The van der Waals surface area contributed by atoms with Gasteiger partial charge in [-0.1, -0.05) is 24.3 Å². The Kier molecular flexibility index (Phi) is 7.61. The van der Waals surface area contributed by atoms with Gasteiger partial charge in [-0.2, -0.15) is 0 Å². The van der Waals surface area contributed by atoms with Gasteiger partial charge in [0.05, 0.1) is 6.54 Å². The Morgan fingerprint density at radius 2 is 2.03 bits per heavy atom. The van der Waals surface area contributed by atoms with Gasteiger partial charge in [-0.25, -0.2) is 0 Å². The predicted octanol–water partition coefficient (Wildman–Crippen LogP) is 2.57. The zero-order valence-corrected chi connectivity index (χ0v) is 19.2. The number of aliphatic imine (C=N–C) groups is 1. The van der Waals surface area contributed by atoms with Crippen LogP contribution in [0, 0.1) is 0 Å². The van der Waals surface area contributed by atoms with Crippen molar-refractivity contribution in [2.24, 2.45) is 4.99 Å². The van der Waals surface area contributed by atoms with E-state index in [1.807, 2.05) is 53.9 Å². The number of benzene rings is 1. The number of pyridine rings is 1. The molecular weight excluding hydrogens is 493 g/mol. The summed E-state index contributed by atoms with van der Waals surface area (Å²) in [4.78, 5) is 16.7. The van der Waals surface area contributed by atoms with E-state index >= 15 is 0 Å². The van der Waals surface area contributed by atoms with Gasteiger partial charge in [-0.15, -0.1) is 34.2 Å². The standard InChI is InChI=1S/C21H25N7O.HI/c1-2-22-21(23-11-10-19-27-26-18-9-5-6-12-28(18)19)24-14-15-13-20(29)25-17-8-4-3-7-16(15)17;/h3-9,12,15H,2,10-11,13-14H2,1H3,(H,25,29)(H2,22,23,24);1H. The van der Waals surface area contributed by atoms with Crippen LogP contribution in [0.15, 0.2) is 53.7 Å². The molecule has 1 amide bonds. The van der Waals surface area contributed by atoms with Crippen LogP contribution in [-0.4, -0.2) is 46.1 Å². The van der Waals surface area contributed by atoms with Gasteiger partial charge >= 0.3 is 0 Å². The van der Waals surface area contributed by atoms with Crippen molar-refractivity contribution >= 4 is 47.2 Å². The molecular formula is C21H26IN7O. The molecule has 4 rings (SSSR count). The highest BCUT2D eigenvalue weighted by molar-refractivity contribution is 14.0. The second kappa shape index (κ2) is 10.4. The summed E-state index contributed by atoms with van der Waals surface area (Å²) in [6.45, 7) is 4.03.